The Labute approximate surface area is 385 Å². The third-order valence-corrected chi connectivity index (χ3v) is 14.4. The molecule has 2 aromatic heterocycles. The topological polar surface area (TPSA) is 180 Å². The molecule has 0 aliphatic carbocycles. The molecule has 7 rings (SSSR count). The Morgan fingerprint density at radius 3 is 2.63 bits per heavy atom. The van der Waals surface area contributed by atoms with Crippen LogP contribution in [0.5, 0.6) is 0 Å². The summed E-state index contributed by atoms with van der Waals surface area (Å²) < 4.78 is 19.2. The minimum Gasteiger partial charge on any atom is -0.464 e. The second-order valence-electron chi connectivity index (χ2n) is 19.0. The van der Waals surface area contributed by atoms with Crippen LogP contribution in [0.2, 0.25) is 0 Å². The maximum atomic E-state index is 14.6. The van der Waals surface area contributed by atoms with Crippen LogP contribution >= 0.6 is 11.8 Å². The van der Waals surface area contributed by atoms with Crippen LogP contribution < -0.4 is 10.7 Å². The average Bonchev–Trinajstić information content (AvgIpc) is 4.01. The van der Waals surface area contributed by atoms with E-state index in [1.54, 1.807) is 32.1 Å². The van der Waals surface area contributed by atoms with E-state index in [0.717, 1.165) is 43.9 Å². The number of amides is 3. The number of aromatic nitrogens is 2. The monoisotopic (exact) mass is 916 g/mol. The first-order chi connectivity index (χ1) is 31.0. The van der Waals surface area contributed by atoms with E-state index in [-0.39, 0.29) is 43.6 Å². The molecule has 2 fully saturated rings. The summed E-state index contributed by atoms with van der Waals surface area (Å²) in [6, 6.07) is 6.95. The summed E-state index contributed by atoms with van der Waals surface area (Å²) in [5, 5.41) is 7.62. The van der Waals surface area contributed by atoms with Gasteiger partial charge in [-0.25, -0.2) is 10.2 Å². The number of rotatable bonds is 10. The largest absolute Gasteiger partial charge is 0.464 e. The van der Waals surface area contributed by atoms with Gasteiger partial charge in [0.25, 0.3) is 11.9 Å². The van der Waals surface area contributed by atoms with E-state index >= 15 is 0 Å². The second kappa shape index (κ2) is 19.8. The number of likely N-dealkylation sites (tertiary alicyclic amines) is 1. The summed E-state index contributed by atoms with van der Waals surface area (Å²) in [4.78, 5) is 81.6. The quantitative estimate of drug-likeness (QED) is 0.141. The van der Waals surface area contributed by atoms with Gasteiger partial charge < -0.3 is 29.0 Å². The number of fused-ring (bicyclic) bond motifs is 5. The number of nitroso groups, excluding NO2 is 1. The highest BCUT2D eigenvalue weighted by atomic mass is 32.2. The van der Waals surface area contributed by atoms with Crippen molar-refractivity contribution in [3.8, 4) is 11.3 Å². The predicted octanol–water partition coefficient (Wildman–Crippen LogP) is 5.85. The fraction of sp³-hybridized carbons (Fsp3) is 0.617. The summed E-state index contributed by atoms with van der Waals surface area (Å²) in [5.41, 5.74) is 8.75. The number of aliphatic imine (C=N–C) groups is 1. The van der Waals surface area contributed by atoms with E-state index in [1.807, 2.05) is 33.8 Å². The van der Waals surface area contributed by atoms with Crippen molar-refractivity contribution >= 4 is 51.6 Å². The molecule has 1 unspecified atom stereocenters. The van der Waals surface area contributed by atoms with Crippen LogP contribution in [-0.4, -0.2) is 136 Å². The van der Waals surface area contributed by atoms with Gasteiger partial charge in [-0.3, -0.25) is 29.4 Å². The van der Waals surface area contributed by atoms with Crippen LogP contribution in [0, 0.1) is 22.2 Å². The van der Waals surface area contributed by atoms with Gasteiger partial charge in [0.05, 0.1) is 60.8 Å². The summed E-state index contributed by atoms with van der Waals surface area (Å²) in [7, 11) is 4.56. The van der Waals surface area contributed by atoms with E-state index in [9.17, 15) is 24.1 Å². The number of pyridine rings is 1. The molecule has 65 heavy (non-hydrogen) atoms. The van der Waals surface area contributed by atoms with Gasteiger partial charge in [-0.15, -0.1) is 16.8 Å². The summed E-state index contributed by atoms with van der Waals surface area (Å²) in [6.45, 7) is 15.6. The Morgan fingerprint density at radius 1 is 1.15 bits per heavy atom. The smallest absolute Gasteiger partial charge is 0.409 e. The van der Waals surface area contributed by atoms with Crippen LogP contribution in [-0.2, 0) is 41.6 Å². The first kappa shape index (κ1) is 47.9. The van der Waals surface area contributed by atoms with E-state index in [0.29, 0.717) is 49.7 Å². The minimum atomic E-state index is -1.07. The van der Waals surface area contributed by atoms with Crippen molar-refractivity contribution in [2.45, 2.75) is 117 Å². The summed E-state index contributed by atoms with van der Waals surface area (Å²) >= 11 is 1.56. The number of aryl methyl sites for hydroxylation is 1. The van der Waals surface area contributed by atoms with Gasteiger partial charge >= 0.3 is 12.1 Å². The molecule has 4 aliphatic heterocycles. The second-order valence-corrected chi connectivity index (χ2v) is 20.1. The molecule has 18 heteroatoms. The molecule has 0 spiro atoms. The number of esters is 1. The highest BCUT2D eigenvalue weighted by molar-refractivity contribution is 8.14. The lowest BCUT2D eigenvalue weighted by Gasteiger charge is -2.36. The Balaban J connectivity index is 1.25. The van der Waals surface area contributed by atoms with E-state index in [4.69, 9.17) is 24.2 Å². The maximum absolute atomic E-state index is 14.6. The number of methoxy groups -OCH3 is 2. The van der Waals surface area contributed by atoms with Crippen LogP contribution in [0.3, 0.4) is 0 Å². The molecule has 1 aromatic carbocycles. The number of ether oxygens (including phenoxy) is 3. The van der Waals surface area contributed by atoms with Gasteiger partial charge in [0.15, 0.2) is 6.04 Å². The first-order valence-electron chi connectivity index (χ1n) is 22.9. The Morgan fingerprint density at radius 2 is 1.92 bits per heavy atom. The third-order valence-electron chi connectivity index (χ3n) is 13.3. The van der Waals surface area contributed by atoms with Crippen molar-refractivity contribution in [3.63, 3.8) is 0 Å². The Bertz CT molecular complexity index is 2330. The zero-order valence-electron chi connectivity index (χ0n) is 39.5. The maximum Gasteiger partial charge on any atom is 0.409 e. The van der Waals surface area contributed by atoms with E-state index in [2.05, 4.69) is 60.3 Å². The molecule has 2 N–H and O–H groups in total. The molecule has 17 nitrogen and oxygen atoms in total. The fourth-order valence-electron chi connectivity index (χ4n) is 9.83. The number of carbonyl (C=O) groups excluding carboxylic acids is 4. The number of hydrazine groups is 2. The average molecular weight is 917 g/mol. The molecular weight excluding hydrogens is 851 g/mol. The number of nitrogens with zero attached hydrogens (tertiary/aromatic N) is 7. The Kier molecular flexibility index (Phi) is 14.6. The van der Waals surface area contributed by atoms with Crippen molar-refractivity contribution < 1.29 is 38.3 Å². The van der Waals surface area contributed by atoms with Crippen LogP contribution in [0.1, 0.15) is 96.7 Å². The summed E-state index contributed by atoms with van der Waals surface area (Å²) in [5.74, 6) is -1.25. The van der Waals surface area contributed by atoms with E-state index < -0.39 is 53.5 Å². The van der Waals surface area contributed by atoms with Gasteiger partial charge in [-0.05, 0) is 74.4 Å². The molecule has 352 valence electrons. The highest BCUT2D eigenvalue weighted by Gasteiger charge is 2.48. The van der Waals surface area contributed by atoms with Crippen molar-refractivity contribution in [2.24, 2.45) is 22.2 Å². The lowest BCUT2D eigenvalue weighted by Crippen LogP contribution is -2.62. The van der Waals surface area contributed by atoms with Crippen molar-refractivity contribution in [2.75, 3.05) is 53.3 Å². The van der Waals surface area contributed by atoms with Gasteiger partial charge in [0.2, 0.25) is 5.91 Å². The molecule has 2 saturated heterocycles. The summed E-state index contributed by atoms with van der Waals surface area (Å²) in [6.07, 6.45) is 2.74. The van der Waals surface area contributed by atoms with Crippen molar-refractivity contribution in [3.05, 3.63) is 58.3 Å². The molecule has 6 heterocycles. The van der Waals surface area contributed by atoms with Gasteiger partial charge in [0.1, 0.15) is 17.0 Å². The molecule has 3 amide bonds. The number of cyclic esters (lactones) is 1. The zero-order chi connectivity index (χ0) is 46.9. The number of benzene rings is 1. The number of thioether (sulfide) groups is 1. The zero-order valence-corrected chi connectivity index (χ0v) is 40.3. The van der Waals surface area contributed by atoms with Crippen LogP contribution in [0.15, 0.2) is 41.5 Å². The fourth-order valence-corrected chi connectivity index (χ4v) is 10.9. The number of hydrogen-bond acceptors (Lipinski definition) is 12. The number of likely N-dealkylation sites (N-methyl/N-ethyl adjacent to an activating group) is 1. The van der Waals surface area contributed by atoms with Crippen molar-refractivity contribution in [1.29, 1.82) is 0 Å². The standard InChI is InChI=1S/C47H65N9O8S/c1-11-54-37-17-16-30-20-32(37)33(42(54)31-14-12-18-48-40(31)29(5)62-9)22-47(6,7)26-64-45(59)34-15-13-19-55(51-34)44(58)35(21-39-49-36(30)25-65-39)50-43(57)41(27(2)3)52(8)56(61)38-24-53(23-28(38)4)46(60)63-10/h12,14,16-18,20,27-29,34-36,38,41,51H,11,13,15,19,21-26H2,1-10H3/p+1/t28-,29-,34-,35-,36?,38+,41-/m0/s1. The van der Waals surface area contributed by atoms with Crippen molar-refractivity contribution in [1.82, 2.24) is 35.2 Å². The molecule has 3 aromatic rings. The third kappa shape index (κ3) is 9.90. The first-order valence-corrected chi connectivity index (χ1v) is 23.8. The molecule has 4 aliphatic rings. The normalized spacial score (nSPS) is 24.6. The lowest BCUT2D eigenvalue weighted by atomic mass is 9.84. The van der Waals surface area contributed by atoms with Crippen LogP contribution in [0.25, 0.3) is 22.2 Å². The SMILES string of the molecule is CCn1c(-c2cccnc2[C@H](C)OC)c2c3cc(ccc31)C1CSC(=N1)C[C@H](NC(=O)[C@H](C(C)C)N(C)[N+](=O)[C@@H]1CN(C(=O)OC)C[C@@H]1C)C(=O)N1CCC[C@H](N1)C(=O)OCC(C)(C)C2. The van der Waals surface area contributed by atoms with E-state index in [1.165, 1.54) is 22.0 Å². The number of hydrogen-bond donors (Lipinski definition) is 2. The molecular formula is C47H66N9O8S+. The number of carbonyl (C=O) groups is 4. The Hall–Kier alpha value is -5.07. The minimum absolute atomic E-state index is 0.113. The van der Waals surface area contributed by atoms with Crippen LogP contribution in [0.4, 0.5) is 4.79 Å². The van der Waals surface area contributed by atoms with Gasteiger partial charge in [0, 0.05) is 72.9 Å². The van der Waals surface area contributed by atoms with Gasteiger partial charge in [-0.1, -0.05) is 40.7 Å². The predicted molar refractivity (Wildman–Crippen MR) is 249 cm³/mol. The highest BCUT2D eigenvalue weighted by Crippen LogP contribution is 2.42. The van der Waals surface area contributed by atoms with Gasteiger partial charge in [-0.2, -0.15) is 0 Å². The molecule has 0 radical (unpaired) electrons. The molecule has 0 saturated carbocycles. The lowest BCUT2D eigenvalue weighted by molar-refractivity contribution is -0.736. The molecule has 6 bridgehead atoms. The number of nitrogens with one attached hydrogen (secondary N) is 2. The molecule has 7 atom stereocenters.